The quantitative estimate of drug-likeness (QED) is 0.643. The average Bonchev–Trinajstić information content (AvgIpc) is 2.32. The Morgan fingerprint density at radius 1 is 1.67 bits per heavy atom. The van der Waals surface area contributed by atoms with E-state index in [0.717, 1.165) is 26.1 Å². The summed E-state index contributed by atoms with van der Waals surface area (Å²) < 4.78 is 0. The summed E-state index contributed by atoms with van der Waals surface area (Å²) in [6, 6.07) is 0. The molecule has 12 heavy (non-hydrogen) atoms. The van der Waals surface area contributed by atoms with Gasteiger partial charge in [-0.25, -0.2) is 0 Å². The molecule has 1 rings (SSSR count). The van der Waals surface area contributed by atoms with Gasteiger partial charge in [0, 0.05) is 25.1 Å². The van der Waals surface area contributed by atoms with E-state index in [-0.39, 0.29) is 5.41 Å². The van der Waals surface area contributed by atoms with Crippen LogP contribution in [0.25, 0.3) is 0 Å². The molecule has 2 heteroatoms. The van der Waals surface area contributed by atoms with Crippen LogP contribution in [0.1, 0.15) is 20.3 Å². The Labute approximate surface area is 74.9 Å². The molecule has 0 bridgehead atoms. The largest absolute Gasteiger partial charge is 0.396 e. The number of likely N-dealkylation sites (tertiary alicyclic amines) is 1. The van der Waals surface area contributed by atoms with Gasteiger partial charge in [0.2, 0.25) is 0 Å². The van der Waals surface area contributed by atoms with Crippen molar-refractivity contribution in [1.82, 2.24) is 4.90 Å². The smallest absolute Gasteiger partial charge is 0.0497 e. The van der Waals surface area contributed by atoms with Crippen molar-refractivity contribution >= 4 is 0 Å². The Bertz CT molecular complexity index is 179. The summed E-state index contributed by atoms with van der Waals surface area (Å²) in [5, 5.41) is 9.13. The third kappa shape index (κ3) is 2.32. The first kappa shape index (κ1) is 9.75. The van der Waals surface area contributed by atoms with Gasteiger partial charge in [-0.1, -0.05) is 19.1 Å². The van der Waals surface area contributed by atoms with Crippen LogP contribution in [0.3, 0.4) is 0 Å². The molecule has 1 heterocycles. The van der Waals surface area contributed by atoms with E-state index in [4.69, 9.17) is 5.11 Å². The molecular weight excluding hydrogens is 150 g/mol. The highest BCUT2D eigenvalue weighted by Crippen LogP contribution is 2.29. The number of hydrogen-bond acceptors (Lipinski definition) is 2. The van der Waals surface area contributed by atoms with Crippen LogP contribution < -0.4 is 0 Å². The van der Waals surface area contributed by atoms with Gasteiger partial charge in [0.1, 0.15) is 0 Å². The standard InChI is InChI=1S/C10H19NO/c1-9(2)6-11-5-4-10(3,7-11)8-12/h12H,1,4-8H2,2-3H3. The summed E-state index contributed by atoms with van der Waals surface area (Å²) in [7, 11) is 0. The number of rotatable bonds is 3. The molecule has 0 amide bonds. The van der Waals surface area contributed by atoms with Gasteiger partial charge in [-0.05, 0) is 19.9 Å². The second-order valence-electron chi connectivity index (χ2n) is 4.39. The summed E-state index contributed by atoms with van der Waals surface area (Å²) in [6.07, 6.45) is 1.11. The molecule has 1 aliphatic heterocycles. The lowest BCUT2D eigenvalue weighted by atomic mass is 9.91. The van der Waals surface area contributed by atoms with Gasteiger partial charge in [-0.2, -0.15) is 0 Å². The molecule has 0 spiro atoms. The first-order chi connectivity index (χ1) is 5.56. The minimum atomic E-state index is 0.134. The van der Waals surface area contributed by atoms with E-state index in [1.165, 1.54) is 5.57 Å². The predicted molar refractivity (Wildman–Crippen MR) is 51.1 cm³/mol. The van der Waals surface area contributed by atoms with Crippen molar-refractivity contribution in [2.45, 2.75) is 20.3 Å². The van der Waals surface area contributed by atoms with Gasteiger partial charge in [0.15, 0.2) is 0 Å². The normalized spacial score (nSPS) is 30.9. The molecule has 1 N–H and O–H groups in total. The highest BCUT2D eigenvalue weighted by molar-refractivity contribution is 4.96. The number of aliphatic hydroxyl groups is 1. The first-order valence-corrected chi connectivity index (χ1v) is 4.53. The summed E-state index contributed by atoms with van der Waals surface area (Å²) in [5.41, 5.74) is 1.34. The summed E-state index contributed by atoms with van der Waals surface area (Å²) >= 11 is 0. The van der Waals surface area contributed by atoms with Crippen molar-refractivity contribution in [3.8, 4) is 0 Å². The van der Waals surface area contributed by atoms with Crippen molar-refractivity contribution in [2.75, 3.05) is 26.2 Å². The van der Waals surface area contributed by atoms with Crippen LogP contribution in [0.5, 0.6) is 0 Å². The molecule has 0 aromatic carbocycles. The van der Waals surface area contributed by atoms with Crippen molar-refractivity contribution in [3.63, 3.8) is 0 Å². The number of nitrogens with zero attached hydrogens (tertiary/aromatic N) is 1. The topological polar surface area (TPSA) is 23.5 Å². The molecule has 0 aromatic rings. The zero-order chi connectivity index (χ0) is 9.19. The molecule has 0 radical (unpaired) electrons. The van der Waals surface area contributed by atoms with Gasteiger partial charge >= 0.3 is 0 Å². The maximum atomic E-state index is 9.13. The van der Waals surface area contributed by atoms with E-state index < -0.39 is 0 Å². The van der Waals surface area contributed by atoms with Gasteiger partial charge in [0.25, 0.3) is 0 Å². The molecule has 0 saturated carbocycles. The minimum absolute atomic E-state index is 0.134. The van der Waals surface area contributed by atoms with Crippen molar-refractivity contribution < 1.29 is 5.11 Å². The van der Waals surface area contributed by atoms with E-state index in [1.807, 2.05) is 0 Å². The van der Waals surface area contributed by atoms with Crippen LogP contribution in [0, 0.1) is 5.41 Å². The molecular formula is C10H19NO. The molecule has 1 saturated heterocycles. The Morgan fingerprint density at radius 3 is 2.75 bits per heavy atom. The minimum Gasteiger partial charge on any atom is -0.396 e. The van der Waals surface area contributed by atoms with Crippen LogP contribution in [-0.4, -0.2) is 36.2 Å². The van der Waals surface area contributed by atoms with E-state index in [1.54, 1.807) is 0 Å². The van der Waals surface area contributed by atoms with Crippen molar-refractivity contribution in [1.29, 1.82) is 0 Å². The number of aliphatic hydroxyl groups excluding tert-OH is 1. The summed E-state index contributed by atoms with van der Waals surface area (Å²) in [4.78, 5) is 2.36. The molecule has 70 valence electrons. The summed E-state index contributed by atoms with van der Waals surface area (Å²) in [6.45, 7) is 11.5. The summed E-state index contributed by atoms with van der Waals surface area (Å²) in [5.74, 6) is 0. The monoisotopic (exact) mass is 169 g/mol. The van der Waals surface area contributed by atoms with Crippen molar-refractivity contribution in [2.24, 2.45) is 5.41 Å². The highest BCUT2D eigenvalue weighted by atomic mass is 16.3. The molecule has 0 aromatic heterocycles. The lowest BCUT2D eigenvalue weighted by molar-refractivity contribution is 0.147. The van der Waals surface area contributed by atoms with E-state index in [0.29, 0.717) is 6.61 Å². The SMILES string of the molecule is C=C(C)CN1CCC(C)(CO)C1. The fourth-order valence-corrected chi connectivity index (χ4v) is 1.77. The Kier molecular flexibility index (Phi) is 2.91. The second-order valence-corrected chi connectivity index (χ2v) is 4.39. The third-order valence-corrected chi connectivity index (χ3v) is 2.51. The predicted octanol–water partition coefficient (Wildman–Crippen LogP) is 1.27. The van der Waals surface area contributed by atoms with Crippen molar-refractivity contribution in [3.05, 3.63) is 12.2 Å². The average molecular weight is 169 g/mol. The van der Waals surface area contributed by atoms with E-state index in [2.05, 4.69) is 25.3 Å². The Hall–Kier alpha value is -0.340. The van der Waals surface area contributed by atoms with Crippen LogP contribution in [0.15, 0.2) is 12.2 Å². The van der Waals surface area contributed by atoms with Crippen LogP contribution in [0.2, 0.25) is 0 Å². The van der Waals surface area contributed by atoms with Crippen LogP contribution in [-0.2, 0) is 0 Å². The first-order valence-electron chi connectivity index (χ1n) is 4.53. The molecule has 0 aliphatic carbocycles. The second kappa shape index (κ2) is 3.58. The lowest BCUT2D eigenvalue weighted by Crippen LogP contribution is -2.28. The van der Waals surface area contributed by atoms with Gasteiger partial charge < -0.3 is 5.11 Å². The highest BCUT2D eigenvalue weighted by Gasteiger charge is 2.32. The molecule has 1 fully saturated rings. The molecule has 1 aliphatic rings. The Balaban J connectivity index is 2.40. The van der Waals surface area contributed by atoms with Gasteiger partial charge in [-0.3, -0.25) is 4.90 Å². The van der Waals surface area contributed by atoms with Crippen LogP contribution in [0.4, 0.5) is 0 Å². The molecule has 1 atom stereocenters. The number of hydrogen-bond donors (Lipinski definition) is 1. The lowest BCUT2D eigenvalue weighted by Gasteiger charge is -2.21. The van der Waals surface area contributed by atoms with E-state index >= 15 is 0 Å². The molecule has 1 unspecified atom stereocenters. The van der Waals surface area contributed by atoms with Gasteiger partial charge in [0.05, 0.1) is 0 Å². The fourth-order valence-electron chi connectivity index (χ4n) is 1.77. The maximum Gasteiger partial charge on any atom is 0.0497 e. The van der Waals surface area contributed by atoms with Gasteiger partial charge in [-0.15, -0.1) is 0 Å². The third-order valence-electron chi connectivity index (χ3n) is 2.51. The maximum absolute atomic E-state index is 9.13. The fraction of sp³-hybridized carbons (Fsp3) is 0.800. The zero-order valence-corrected chi connectivity index (χ0v) is 8.14. The van der Waals surface area contributed by atoms with E-state index in [9.17, 15) is 0 Å². The molecule has 2 nitrogen and oxygen atoms in total. The Morgan fingerprint density at radius 2 is 2.33 bits per heavy atom. The zero-order valence-electron chi connectivity index (χ0n) is 8.14. The van der Waals surface area contributed by atoms with Crippen LogP contribution >= 0.6 is 0 Å².